The van der Waals surface area contributed by atoms with Gasteiger partial charge in [-0.05, 0) is 29.8 Å². The molecule has 36 heavy (non-hydrogen) atoms. The molecule has 3 heterocycles. The zero-order chi connectivity index (χ0) is 25.6. The van der Waals surface area contributed by atoms with Crippen molar-refractivity contribution in [2.45, 2.75) is 54.8 Å². The van der Waals surface area contributed by atoms with Gasteiger partial charge in [0.05, 0.1) is 24.9 Å². The number of carbonyl (C=O) groups excluding carboxylic acids is 1. The average Bonchev–Trinajstić information content (AvgIpc) is 3.56. The zero-order valence-electron chi connectivity index (χ0n) is 18.9. The monoisotopic (exact) mass is 508 g/mol. The van der Waals surface area contributed by atoms with Gasteiger partial charge in [0.2, 0.25) is 6.29 Å². The van der Waals surface area contributed by atoms with Gasteiger partial charge in [0.25, 0.3) is 0 Å². The van der Waals surface area contributed by atoms with Crippen LogP contribution in [0.4, 0.5) is 0 Å². The Labute approximate surface area is 205 Å². The highest BCUT2D eigenvalue weighted by molar-refractivity contribution is 5.87. The van der Waals surface area contributed by atoms with Gasteiger partial charge in [-0.2, -0.15) is 0 Å². The van der Waals surface area contributed by atoms with Gasteiger partial charge in [-0.1, -0.05) is 12.1 Å². The summed E-state index contributed by atoms with van der Waals surface area (Å²) in [7, 11) is 0. The van der Waals surface area contributed by atoms with Crippen molar-refractivity contribution in [3.8, 4) is 5.75 Å². The largest absolute Gasteiger partial charge is 0.508 e. The van der Waals surface area contributed by atoms with Crippen molar-refractivity contribution in [2.24, 2.45) is 11.8 Å². The van der Waals surface area contributed by atoms with E-state index in [-0.39, 0.29) is 12.4 Å². The smallest absolute Gasteiger partial charge is 0.330 e. The molecule has 2 saturated heterocycles. The van der Waals surface area contributed by atoms with E-state index in [9.17, 15) is 35.4 Å². The van der Waals surface area contributed by atoms with Gasteiger partial charge < -0.3 is 54.3 Å². The van der Waals surface area contributed by atoms with Crippen LogP contribution in [0.15, 0.2) is 42.7 Å². The molecule has 0 unspecified atom stereocenters. The highest BCUT2D eigenvalue weighted by atomic mass is 16.8. The van der Waals surface area contributed by atoms with E-state index in [1.165, 1.54) is 30.5 Å². The van der Waals surface area contributed by atoms with Crippen LogP contribution in [0.2, 0.25) is 0 Å². The second kappa shape index (κ2) is 9.72. The van der Waals surface area contributed by atoms with E-state index in [1.54, 1.807) is 18.2 Å². The maximum atomic E-state index is 12.3. The Hall–Kier alpha value is -2.55. The van der Waals surface area contributed by atoms with Crippen LogP contribution >= 0.6 is 0 Å². The Morgan fingerprint density at radius 1 is 1.03 bits per heavy atom. The van der Waals surface area contributed by atoms with E-state index in [2.05, 4.69) is 0 Å². The van der Waals surface area contributed by atoms with Gasteiger partial charge in [-0.15, -0.1) is 0 Å². The Balaban J connectivity index is 1.27. The molecule has 1 saturated carbocycles. The lowest BCUT2D eigenvalue weighted by atomic mass is 9.85. The number of aromatic hydroxyl groups is 1. The van der Waals surface area contributed by atoms with Crippen LogP contribution < -0.4 is 0 Å². The van der Waals surface area contributed by atoms with Crippen LogP contribution in [0.1, 0.15) is 5.56 Å². The SMILES string of the molecule is O=C(/C=C/c1ccc(O)cc1)OC[C@@]12O[C@@H]1[C@H](O)[C@H]1C=CO[C@H](O[C@H]3O[C@@H](CO)[C@H](O)[C@@H](O)[C@@H]3O)[C@H]12. The minimum atomic E-state index is -1.64. The van der Waals surface area contributed by atoms with E-state index in [4.69, 9.17) is 23.7 Å². The first-order valence-corrected chi connectivity index (χ1v) is 11.5. The molecule has 3 fully saturated rings. The molecular formula is C24H28O12. The summed E-state index contributed by atoms with van der Waals surface area (Å²) in [5.74, 6) is -1.69. The van der Waals surface area contributed by atoms with Gasteiger partial charge in [-0.25, -0.2) is 4.79 Å². The molecule has 6 N–H and O–H groups in total. The fraction of sp³-hybridized carbons (Fsp3) is 0.542. The highest BCUT2D eigenvalue weighted by Crippen LogP contribution is 2.60. The van der Waals surface area contributed by atoms with Crippen LogP contribution in [-0.4, -0.2) is 105 Å². The molecule has 196 valence electrons. The fourth-order valence-electron chi connectivity index (χ4n) is 5.14. The Bertz CT molecular complexity index is 1010. The number of aliphatic hydroxyl groups is 5. The molecular weight excluding hydrogens is 480 g/mol. The number of esters is 1. The lowest BCUT2D eigenvalue weighted by molar-refractivity contribution is -0.344. The maximum absolute atomic E-state index is 12.3. The second-order valence-electron chi connectivity index (χ2n) is 9.29. The molecule has 3 aliphatic heterocycles. The van der Waals surface area contributed by atoms with Crippen molar-refractivity contribution >= 4 is 12.0 Å². The number of hydrogen-bond acceptors (Lipinski definition) is 12. The number of fused-ring (bicyclic) bond motifs is 3. The summed E-state index contributed by atoms with van der Waals surface area (Å²) in [5, 5.41) is 59.9. The van der Waals surface area contributed by atoms with E-state index >= 15 is 0 Å². The molecule has 0 aromatic heterocycles. The van der Waals surface area contributed by atoms with Crippen molar-refractivity contribution in [1.29, 1.82) is 0 Å². The van der Waals surface area contributed by atoms with Crippen LogP contribution in [0.25, 0.3) is 6.08 Å². The van der Waals surface area contributed by atoms with Gasteiger partial charge in [0, 0.05) is 12.0 Å². The van der Waals surface area contributed by atoms with Gasteiger partial charge in [-0.3, -0.25) is 0 Å². The van der Waals surface area contributed by atoms with E-state index in [1.807, 2.05) is 0 Å². The third kappa shape index (κ3) is 4.40. The first-order chi connectivity index (χ1) is 17.2. The topological polar surface area (TPSA) is 188 Å². The third-order valence-electron chi connectivity index (χ3n) is 7.12. The van der Waals surface area contributed by atoms with Crippen molar-refractivity contribution in [3.63, 3.8) is 0 Å². The minimum absolute atomic E-state index is 0.101. The standard InChI is InChI=1S/C24H28O12/c25-9-14-18(29)19(30)20(31)23(34-14)35-22-16-13(7-8-32-22)17(28)21-24(16,36-21)10-33-15(27)6-3-11-1-4-12(26)5-2-11/h1-8,13-14,16-23,25-26,28-31H,9-10H2/b6-3+/t13-,14-,16-,17+,18-,19+,20-,21+,22+,23+,24-/m0/s1. The Morgan fingerprint density at radius 2 is 1.78 bits per heavy atom. The van der Waals surface area contributed by atoms with E-state index in [0.717, 1.165) is 0 Å². The summed E-state index contributed by atoms with van der Waals surface area (Å²) >= 11 is 0. The maximum Gasteiger partial charge on any atom is 0.330 e. The molecule has 1 aliphatic carbocycles. The number of ether oxygens (including phenoxy) is 5. The summed E-state index contributed by atoms with van der Waals surface area (Å²) in [6.45, 7) is -0.829. The highest BCUT2D eigenvalue weighted by Gasteiger charge is 2.76. The molecule has 11 atom stereocenters. The zero-order valence-corrected chi connectivity index (χ0v) is 18.9. The summed E-state index contributed by atoms with van der Waals surface area (Å²) in [4.78, 5) is 12.3. The number of aliphatic hydroxyl groups excluding tert-OH is 5. The second-order valence-corrected chi connectivity index (χ2v) is 9.29. The molecule has 0 radical (unpaired) electrons. The Kier molecular flexibility index (Phi) is 6.78. The van der Waals surface area contributed by atoms with Crippen LogP contribution in [-0.2, 0) is 28.5 Å². The normalized spacial score (nSPS) is 43.0. The quantitative estimate of drug-likeness (QED) is 0.141. The van der Waals surface area contributed by atoms with Crippen LogP contribution in [0.5, 0.6) is 5.75 Å². The average molecular weight is 508 g/mol. The van der Waals surface area contributed by atoms with Crippen molar-refractivity contribution in [2.75, 3.05) is 13.2 Å². The number of epoxide rings is 1. The fourth-order valence-corrected chi connectivity index (χ4v) is 5.14. The molecule has 5 rings (SSSR count). The van der Waals surface area contributed by atoms with Crippen molar-refractivity contribution in [3.05, 3.63) is 48.2 Å². The summed E-state index contributed by atoms with van der Waals surface area (Å²) in [6.07, 6.45) is -4.42. The molecule has 0 bridgehead atoms. The number of hydrogen-bond donors (Lipinski definition) is 6. The van der Waals surface area contributed by atoms with Crippen molar-refractivity contribution in [1.82, 2.24) is 0 Å². The predicted molar refractivity (Wildman–Crippen MR) is 118 cm³/mol. The number of phenols is 1. The molecule has 0 amide bonds. The summed E-state index contributed by atoms with van der Waals surface area (Å²) < 4.78 is 28.0. The molecule has 12 nitrogen and oxygen atoms in total. The molecule has 1 aromatic rings. The minimum Gasteiger partial charge on any atom is -0.508 e. The molecule has 0 spiro atoms. The third-order valence-corrected chi connectivity index (χ3v) is 7.12. The van der Waals surface area contributed by atoms with Crippen LogP contribution in [0.3, 0.4) is 0 Å². The number of benzene rings is 1. The van der Waals surface area contributed by atoms with E-state index < -0.39 is 79.2 Å². The summed E-state index contributed by atoms with van der Waals surface area (Å²) in [6, 6.07) is 6.22. The number of rotatable bonds is 7. The first-order valence-electron chi connectivity index (χ1n) is 11.5. The molecule has 12 heteroatoms. The summed E-state index contributed by atoms with van der Waals surface area (Å²) in [5.41, 5.74) is -0.436. The number of phenolic OH excluding ortho intramolecular Hbond substituents is 1. The first kappa shape index (κ1) is 25.1. The van der Waals surface area contributed by atoms with Gasteiger partial charge in [0.15, 0.2) is 6.29 Å². The van der Waals surface area contributed by atoms with Gasteiger partial charge in [0.1, 0.15) is 48.5 Å². The number of carbonyl (C=O) groups is 1. The Morgan fingerprint density at radius 3 is 2.50 bits per heavy atom. The molecule has 4 aliphatic rings. The lowest BCUT2D eigenvalue weighted by Gasteiger charge is -2.43. The van der Waals surface area contributed by atoms with Gasteiger partial charge >= 0.3 is 5.97 Å². The lowest BCUT2D eigenvalue weighted by Crippen LogP contribution is -2.60. The van der Waals surface area contributed by atoms with Crippen LogP contribution in [0, 0.1) is 11.8 Å². The van der Waals surface area contributed by atoms with E-state index in [0.29, 0.717) is 5.56 Å². The van der Waals surface area contributed by atoms with Crippen molar-refractivity contribution < 1.29 is 59.1 Å². The predicted octanol–water partition coefficient (Wildman–Crippen LogP) is -1.62. The molecule has 1 aromatic carbocycles.